The molecule has 1 atom stereocenters. The van der Waals surface area contributed by atoms with Crippen LogP contribution in [0.25, 0.3) is 0 Å². The molecule has 0 bridgehead atoms. The molecule has 0 heterocycles. The standard InChI is InChI=1S/C31H29Cl2N3O5S/c1-22(31(38)34-2)35(20-27-28(32)14-9-15-29(27)33)30(37)21-36(42(39,40)26-12-7-4-8-13-26)23-16-18-25(19-17-23)41-24-10-5-3-6-11-24/h3-19,22H,20-21H2,1-2H3,(H,34,38)/t22-/m1/s1. The molecule has 218 valence electrons. The number of amides is 2. The Labute approximate surface area is 255 Å². The van der Waals surface area contributed by atoms with Crippen LogP contribution in [0.1, 0.15) is 12.5 Å². The van der Waals surface area contributed by atoms with Crippen LogP contribution in [0.3, 0.4) is 0 Å². The largest absolute Gasteiger partial charge is 0.457 e. The summed E-state index contributed by atoms with van der Waals surface area (Å²) in [6, 6.07) is 27.3. The highest BCUT2D eigenvalue weighted by molar-refractivity contribution is 7.92. The number of likely N-dealkylation sites (N-methyl/N-ethyl adjacent to an activating group) is 1. The molecular weight excluding hydrogens is 597 g/mol. The van der Waals surface area contributed by atoms with Crippen LogP contribution in [0.4, 0.5) is 5.69 Å². The molecule has 0 aromatic heterocycles. The van der Waals surface area contributed by atoms with Crippen LogP contribution in [0.5, 0.6) is 11.5 Å². The molecule has 4 rings (SSSR count). The molecule has 11 heteroatoms. The second-order valence-corrected chi connectivity index (χ2v) is 11.9. The number of nitrogens with zero attached hydrogens (tertiary/aromatic N) is 2. The summed E-state index contributed by atoms with van der Waals surface area (Å²) in [5, 5.41) is 3.16. The lowest BCUT2D eigenvalue weighted by Crippen LogP contribution is -2.50. The third-order valence-corrected chi connectivity index (χ3v) is 9.01. The van der Waals surface area contributed by atoms with E-state index in [2.05, 4.69) is 5.32 Å². The number of benzene rings is 4. The molecule has 0 aliphatic carbocycles. The fourth-order valence-corrected chi connectivity index (χ4v) is 6.15. The summed E-state index contributed by atoms with van der Waals surface area (Å²) in [6.07, 6.45) is 0. The van der Waals surface area contributed by atoms with Crippen LogP contribution < -0.4 is 14.4 Å². The first-order valence-electron chi connectivity index (χ1n) is 13.0. The lowest BCUT2D eigenvalue weighted by Gasteiger charge is -2.32. The predicted molar refractivity (Wildman–Crippen MR) is 164 cm³/mol. The van der Waals surface area contributed by atoms with Crippen molar-refractivity contribution in [2.75, 3.05) is 17.9 Å². The first kappa shape index (κ1) is 30.9. The molecule has 2 amide bonds. The van der Waals surface area contributed by atoms with E-state index in [0.717, 1.165) is 4.31 Å². The van der Waals surface area contributed by atoms with Gasteiger partial charge in [-0.1, -0.05) is 65.7 Å². The van der Waals surface area contributed by atoms with Gasteiger partial charge in [-0.25, -0.2) is 8.42 Å². The van der Waals surface area contributed by atoms with E-state index in [-0.39, 0.29) is 17.1 Å². The summed E-state index contributed by atoms with van der Waals surface area (Å²) in [6.45, 7) is 0.835. The number of rotatable bonds is 11. The lowest BCUT2D eigenvalue weighted by molar-refractivity contribution is -0.139. The quantitative estimate of drug-likeness (QED) is 0.216. The van der Waals surface area contributed by atoms with E-state index < -0.39 is 34.4 Å². The van der Waals surface area contributed by atoms with E-state index in [4.69, 9.17) is 27.9 Å². The number of carbonyl (C=O) groups excluding carboxylic acids is 2. The van der Waals surface area contributed by atoms with E-state index in [1.54, 1.807) is 79.7 Å². The molecule has 0 unspecified atom stereocenters. The zero-order valence-corrected chi connectivity index (χ0v) is 25.2. The summed E-state index contributed by atoms with van der Waals surface area (Å²) in [5.74, 6) is 0.0282. The molecular formula is C31H29Cl2N3O5S. The van der Waals surface area contributed by atoms with Gasteiger partial charge < -0.3 is 15.0 Å². The number of nitrogens with one attached hydrogen (secondary N) is 1. The molecule has 0 saturated heterocycles. The van der Waals surface area contributed by atoms with Crippen LogP contribution >= 0.6 is 23.2 Å². The Kier molecular flexibility index (Phi) is 10.1. The fraction of sp³-hybridized carbons (Fsp3) is 0.161. The first-order valence-corrected chi connectivity index (χ1v) is 15.2. The molecule has 0 saturated carbocycles. The van der Waals surface area contributed by atoms with Crippen molar-refractivity contribution in [3.05, 3.63) is 119 Å². The highest BCUT2D eigenvalue weighted by Crippen LogP contribution is 2.30. The van der Waals surface area contributed by atoms with Gasteiger partial charge >= 0.3 is 0 Å². The van der Waals surface area contributed by atoms with Crippen LogP contribution in [-0.4, -0.2) is 44.8 Å². The highest BCUT2D eigenvalue weighted by atomic mass is 35.5. The minimum atomic E-state index is -4.20. The average Bonchev–Trinajstić information content (AvgIpc) is 3.00. The van der Waals surface area contributed by atoms with Gasteiger partial charge in [-0.2, -0.15) is 0 Å². The predicted octanol–water partition coefficient (Wildman–Crippen LogP) is 6.14. The topological polar surface area (TPSA) is 96.0 Å². The fourth-order valence-electron chi connectivity index (χ4n) is 4.20. The zero-order valence-electron chi connectivity index (χ0n) is 22.9. The second kappa shape index (κ2) is 13.7. The Morgan fingerprint density at radius 3 is 1.93 bits per heavy atom. The molecule has 0 spiro atoms. The second-order valence-electron chi connectivity index (χ2n) is 9.25. The minimum Gasteiger partial charge on any atom is -0.457 e. The van der Waals surface area contributed by atoms with Gasteiger partial charge in [-0.15, -0.1) is 0 Å². The summed E-state index contributed by atoms with van der Waals surface area (Å²) in [4.78, 5) is 27.9. The Balaban J connectivity index is 1.71. The smallest absolute Gasteiger partial charge is 0.264 e. The van der Waals surface area contributed by atoms with Gasteiger partial charge in [0.25, 0.3) is 10.0 Å². The van der Waals surface area contributed by atoms with Crippen molar-refractivity contribution in [3.8, 4) is 11.5 Å². The molecule has 0 radical (unpaired) electrons. The Hall–Kier alpha value is -4.05. The summed E-state index contributed by atoms with van der Waals surface area (Å²) in [5.41, 5.74) is 0.667. The number of sulfonamides is 1. The Bertz CT molecular complexity index is 1620. The molecule has 0 aliphatic rings. The monoisotopic (exact) mass is 625 g/mol. The van der Waals surface area contributed by atoms with Crippen LogP contribution in [-0.2, 0) is 26.2 Å². The van der Waals surface area contributed by atoms with Gasteiger partial charge in [0.1, 0.15) is 24.1 Å². The molecule has 42 heavy (non-hydrogen) atoms. The molecule has 4 aromatic rings. The summed E-state index contributed by atoms with van der Waals surface area (Å²) in [7, 11) is -2.75. The van der Waals surface area contributed by atoms with Crippen molar-refractivity contribution in [3.63, 3.8) is 0 Å². The van der Waals surface area contributed by atoms with E-state index in [1.807, 2.05) is 18.2 Å². The third kappa shape index (κ3) is 7.23. The number of hydrogen-bond donors (Lipinski definition) is 1. The minimum absolute atomic E-state index is 0.00228. The van der Waals surface area contributed by atoms with Gasteiger partial charge in [0.15, 0.2) is 0 Å². The SMILES string of the molecule is CNC(=O)[C@@H](C)N(Cc1c(Cl)cccc1Cl)C(=O)CN(c1ccc(Oc2ccccc2)cc1)S(=O)(=O)c1ccccc1. The van der Waals surface area contributed by atoms with Gasteiger partial charge in [0.2, 0.25) is 11.8 Å². The molecule has 8 nitrogen and oxygen atoms in total. The van der Waals surface area contributed by atoms with Crippen molar-refractivity contribution >= 4 is 50.7 Å². The Morgan fingerprint density at radius 1 is 0.810 bits per heavy atom. The van der Waals surface area contributed by atoms with E-state index in [0.29, 0.717) is 27.1 Å². The first-order chi connectivity index (χ1) is 20.1. The van der Waals surface area contributed by atoms with Gasteiger partial charge in [0, 0.05) is 29.2 Å². The van der Waals surface area contributed by atoms with Crippen molar-refractivity contribution < 1.29 is 22.7 Å². The summed E-state index contributed by atoms with van der Waals surface area (Å²) < 4.78 is 34.6. The number of para-hydroxylation sites is 1. The van der Waals surface area contributed by atoms with Crippen LogP contribution in [0.2, 0.25) is 10.0 Å². The number of hydrogen-bond acceptors (Lipinski definition) is 5. The van der Waals surface area contributed by atoms with E-state index in [1.165, 1.54) is 24.1 Å². The number of ether oxygens (including phenoxy) is 1. The van der Waals surface area contributed by atoms with Crippen LogP contribution in [0, 0.1) is 0 Å². The summed E-state index contributed by atoms with van der Waals surface area (Å²) >= 11 is 12.8. The van der Waals surface area contributed by atoms with E-state index >= 15 is 0 Å². The number of halogens is 2. The maximum atomic E-state index is 13.9. The average molecular weight is 627 g/mol. The van der Waals surface area contributed by atoms with Crippen molar-refractivity contribution in [1.82, 2.24) is 10.2 Å². The number of anilines is 1. The number of carbonyl (C=O) groups is 2. The lowest BCUT2D eigenvalue weighted by atomic mass is 10.1. The maximum Gasteiger partial charge on any atom is 0.264 e. The molecule has 1 N–H and O–H groups in total. The van der Waals surface area contributed by atoms with Gasteiger partial charge in [-0.05, 0) is 67.6 Å². The van der Waals surface area contributed by atoms with Crippen molar-refractivity contribution in [1.29, 1.82) is 0 Å². The molecule has 0 fully saturated rings. The normalized spacial score (nSPS) is 11.8. The Morgan fingerprint density at radius 2 is 1.36 bits per heavy atom. The zero-order chi connectivity index (χ0) is 30.3. The van der Waals surface area contributed by atoms with Gasteiger partial charge in [0.05, 0.1) is 10.6 Å². The maximum absolute atomic E-state index is 13.9. The van der Waals surface area contributed by atoms with Gasteiger partial charge in [-0.3, -0.25) is 13.9 Å². The molecule has 0 aliphatic heterocycles. The highest BCUT2D eigenvalue weighted by Gasteiger charge is 2.33. The van der Waals surface area contributed by atoms with Crippen molar-refractivity contribution in [2.24, 2.45) is 0 Å². The van der Waals surface area contributed by atoms with Crippen molar-refractivity contribution in [2.45, 2.75) is 24.4 Å². The molecule has 4 aromatic carbocycles. The van der Waals surface area contributed by atoms with E-state index in [9.17, 15) is 18.0 Å². The third-order valence-electron chi connectivity index (χ3n) is 6.52. The van der Waals surface area contributed by atoms with Crippen LogP contribution in [0.15, 0.2) is 108 Å².